The number of aryl methyl sites for hydroxylation is 2. The molecule has 1 aliphatic rings. The predicted molar refractivity (Wildman–Crippen MR) is 96.7 cm³/mol. The molecule has 0 amide bonds. The predicted octanol–water partition coefficient (Wildman–Crippen LogP) is 2.93. The van der Waals surface area contributed by atoms with E-state index >= 15 is 0 Å². The van der Waals surface area contributed by atoms with E-state index in [4.69, 9.17) is 4.52 Å². The largest absolute Gasteiger partial charge is 0.368 e. The van der Waals surface area contributed by atoms with E-state index < -0.39 is 0 Å². The van der Waals surface area contributed by atoms with Crippen molar-refractivity contribution in [1.82, 2.24) is 15.0 Å². The van der Waals surface area contributed by atoms with Crippen LogP contribution in [0.15, 0.2) is 21.1 Å². The minimum absolute atomic E-state index is 0.137. The van der Waals surface area contributed by atoms with Gasteiger partial charge < -0.3 is 9.42 Å². The van der Waals surface area contributed by atoms with Gasteiger partial charge in [-0.25, -0.2) is 0 Å². The zero-order valence-corrected chi connectivity index (χ0v) is 15.8. The Kier molecular flexibility index (Phi) is 5.33. The molecule has 2 heterocycles. The molecule has 9 heteroatoms. The Morgan fingerprint density at radius 3 is 2.64 bits per heavy atom. The highest BCUT2D eigenvalue weighted by Gasteiger charge is 2.22. The number of benzene rings is 1. The molecule has 1 aromatic heterocycles. The molecule has 8 nitrogen and oxygen atoms in total. The topological polar surface area (TPSA) is 88.5 Å². The van der Waals surface area contributed by atoms with Crippen LogP contribution in [-0.2, 0) is 13.0 Å². The van der Waals surface area contributed by atoms with Gasteiger partial charge in [-0.05, 0) is 28.9 Å². The number of hydrogen-bond acceptors (Lipinski definition) is 7. The van der Waals surface area contributed by atoms with Gasteiger partial charge in [-0.1, -0.05) is 12.1 Å². The number of nitrogens with zero attached hydrogens (tertiary/aromatic N) is 5. The Morgan fingerprint density at radius 2 is 2.04 bits per heavy atom. The Labute approximate surface area is 154 Å². The van der Waals surface area contributed by atoms with Crippen molar-refractivity contribution in [2.45, 2.75) is 26.8 Å². The lowest BCUT2D eigenvalue weighted by molar-refractivity contribution is -0.385. The fraction of sp³-hybridized carbons (Fsp3) is 0.500. The fourth-order valence-electron chi connectivity index (χ4n) is 2.94. The van der Waals surface area contributed by atoms with Gasteiger partial charge in [0.2, 0.25) is 5.89 Å². The van der Waals surface area contributed by atoms with E-state index in [0.717, 1.165) is 48.6 Å². The summed E-state index contributed by atoms with van der Waals surface area (Å²) in [6.45, 7) is 7.86. The Hall–Kier alpha value is -2.00. The summed E-state index contributed by atoms with van der Waals surface area (Å²) in [6, 6.07) is 3.47. The van der Waals surface area contributed by atoms with E-state index in [1.54, 1.807) is 13.0 Å². The first-order valence-corrected chi connectivity index (χ1v) is 9.00. The molecule has 0 bridgehead atoms. The maximum absolute atomic E-state index is 11.0. The minimum Gasteiger partial charge on any atom is -0.368 e. The molecule has 0 atom stereocenters. The molecule has 0 aliphatic carbocycles. The molecule has 0 N–H and O–H groups in total. The lowest BCUT2D eigenvalue weighted by Crippen LogP contribution is -2.46. The van der Waals surface area contributed by atoms with Crippen LogP contribution in [0.1, 0.15) is 24.2 Å². The third-order valence-electron chi connectivity index (χ3n) is 4.35. The van der Waals surface area contributed by atoms with Gasteiger partial charge in [0.1, 0.15) is 0 Å². The highest BCUT2D eigenvalue weighted by Crippen LogP contribution is 2.33. The molecule has 1 aromatic carbocycles. The minimum atomic E-state index is -0.350. The first-order chi connectivity index (χ1) is 12.0. The second-order valence-electron chi connectivity index (χ2n) is 6.07. The number of rotatable bonds is 5. The summed E-state index contributed by atoms with van der Waals surface area (Å²) in [6.07, 6.45) is 0.744. The Bertz CT molecular complexity index is 771. The van der Waals surface area contributed by atoms with Crippen molar-refractivity contribution in [2.24, 2.45) is 0 Å². The number of nitro benzene ring substituents is 1. The summed E-state index contributed by atoms with van der Waals surface area (Å²) in [5.41, 5.74) is 1.80. The van der Waals surface area contributed by atoms with Crippen LogP contribution in [0, 0.1) is 17.0 Å². The van der Waals surface area contributed by atoms with Crippen molar-refractivity contribution in [3.8, 4) is 0 Å². The zero-order valence-electron chi connectivity index (χ0n) is 14.2. The van der Waals surface area contributed by atoms with Gasteiger partial charge in [-0.15, -0.1) is 0 Å². The smallest absolute Gasteiger partial charge is 0.273 e. The second kappa shape index (κ2) is 7.49. The highest BCUT2D eigenvalue weighted by molar-refractivity contribution is 9.10. The second-order valence-corrected chi connectivity index (χ2v) is 6.92. The molecule has 0 radical (unpaired) electrons. The van der Waals surface area contributed by atoms with E-state index in [2.05, 4.69) is 35.9 Å². The van der Waals surface area contributed by atoms with Crippen LogP contribution in [0.25, 0.3) is 0 Å². The summed E-state index contributed by atoms with van der Waals surface area (Å²) in [4.78, 5) is 19.6. The zero-order chi connectivity index (χ0) is 18.0. The molecular weight excluding hydrogens is 390 g/mol. The molecule has 1 fully saturated rings. The lowest BCUT2D eigenvalue weighted by atomic mass is 10.1. The third-order valence-corrected chi connectivity index (χ3v) is 4.99. The normalized spacial score (nSPS) is 15.6. The molecule has 1 aliphatic heterocycles. The quantitative estimate of drug-likeness (QED) is 0.553. The summed E-state index contributed by atoms with van der Waals surface area (Å²) >= 11 is 3.47. The number of aromatic nitrogens is 2. The van der Waals surface area contributed by atoms with Gasteiger partial charge >= 0.3 is 0 Å². The average molecular weight is 410 g/mol. The molecular formula is C16H20BrN5O3. The van der Waals surface area contributed by atoms with Gasteiger partial charge in [0, 0.05) is 48.7 Å². The van der Waals surface area contributed by atoms with Crippen LogP contribution in [0.3, 0.4) is 0 Å². The first-order valence-electron chi connectivity index (χ1n) is 8.21. The number of halogens is 1. The van der Waals surface area contributed by atoms with Crippen LogP contribution < -0.4 is 4.90 Å². The maximum Gasteiger partial charge on any atom is 0.273 e. The van der Waals surface area contributed by atoms with Gasteiger partial charge in [-0.3, -0.25) is 15.0 Å². The average Bonchev–Trinajstić information content (AvgIpc) is 3.05. The van der Waals surface area contributed by atoms with Crippen molar-refractivity contribution in [3.05, 3.63) is 44.0 Å². The van der Waals surface area contributed by atoms with Crippen LogP contribution in [0.2, 0.25) is 0 Å². The van der Waals surface area contributed by atoms with Crippen molar-refractivity contribution in [2.75, 3.05) is 31.1 Å². The van der Waals surface area contributed by atoms with Crippen LogP contribution >= 0.6 is 15.9 Å². The van der Waals surface area contributed by atoms with E-state index in [-0.39, 0.29) is 10.6 Å². The monoisotopic (exact) mass is 409 g/mol. The number of piperazine rings is 1. The molecule has 0 saturated carbocycles. The van der Waals surface area contributed by atoms with Crippen LogP contribution in [0.4, 0.5) is 11.4 Å². The summed E-state index contributed by atoms with van der Waals surface area (Å²) < 4.78 is 5.90. The van der Waals surface area contributed by atoms with E-state index in [0.29, 0.717) is 18.0 Å². The number of anilines is 1. The number of hydrogen-bond donors (Lipinski definition) is 0. The van der Waals surface area contributed by atoms with Gasteiger partial charge in [0.25, 0.3) is 5.69 Å². The van der Waals surface area contributed by atoms with Gasteiger partial charge in [0.05, 0.1) is 17.2 Å². The summed E-state index contributed by atoms with van der Waals surface area (Å²) in [7, 11) is 0. The van der Waals surface area contributed by atoms with Crippen LogP contribution in [-0.4, -0.2) is 46.1 Å². The van der Waals surface area contributed by atoms with Crippen molar-refractivity contribution in [1.29, 1.82) is 0 Å². The molecule has 25 heavy (non-hydrogen) atoms. The molecule has 2 aromatic rings. The van der Waals surface area contributed by atoms with Crippen molar-refractivity contribution >= 4 is 27.3 Å². The van der Waals surface area contributed by atoms with Gasteiger partial charge in [-0.2, -0.15) is 4.98 Å². The van der Waals surface area contributed by atoms with Gasteiger partial charge in [0.15, 0.2) is 5.82 Å². The molecule has 0 spiro atoms. The summed E-state index contributed by atoms with van der Waals surface area (Å²) in [5, 5.41) is 15.0. The first kappa shape index (κ1) is 17.8. The SMILES string of the molecule is CCc1nc(CN2CCN(c3cc(C)c([N+](=O)[O-])cc3Br)CC2)no1. The third kappa shape index (κ3) is 3.98. The Morgan fingerprint density at radius 1 is 1.32 bits per heavy atom. The fourth-order valence-corrected chi connectivity index (χ4v) is 3.52. The Balaban J connectivity index is 1.64. The van der Waals surface area contributed by atoms with Crippen LogP contribution in [0.5, 0.6) is 0 Å². The maximum atomic E-state index is 11.0. The molecule has 0 unspecified atom stereocenters. The van der Waals surface area contributed by atoms with E-state index in [9.17, 15) is 10.1 Å². The molecule has 3 rings (SSSR count). The van der Waals surface area contributed by atoms with Crippen molar-refractivity contribution < 1.29 is 9.45 Å². The summed E-state index contributed by atoms with van der Waals surface area (Å²) in [5.74, 6) is 1.39. The lowest BCUT2D eigenvalue weighted by Gasteiger charge is -2.36. The molecule has 1 saturated heterocycles. The molecule has 134 valence electrons. The standard InChI is InChI=1S/C16H20BrN5O3/c1-3-16-18-15(19-25-16)10-20-4-6-21(7-5-20)14-8-11(2)13(22(23)24)9-12(14)17/h8-9H,3-7,10H2,1-2H3. The van der Waals surface area contributed by atoms with Crippen molar-refractivity contribution in [3.63, 3.8) is 0 Å². The van der Waals surface area contributed by atoms with E-state index in [1.165, 1.54) is 0 Å². The highest BCUT2D eigenvalue weighted by atomic mass is 79.9. The number of nitro groups is 1. The van der Waals surface area contributed by atoms with E-state index in [1.807, 2.05) is 13.0 Å².